The summed E-state index contributed by atoms with van der Waals surface area (Å²) in [5.41, 5.74) is 12.1. The maximum absolute atomic E-state index is 6.56. The maximum Gasteiger partial charge on any atom is 0.150 e. The predicted octanol–water partition coefficient (Wildman–Crippen LogP) is 0.284. The van der Waals surface area contributed by atoms with Crippen LogP contribution in [0.25, 0.3) is 0 Å². The van der Waals surface area contributed by atoms with E-state index in [0.29, 0.717) is 0 Å². The first-order chi connectivity index (χ1) is 10.1. The van der Waals surface area contributed by atoms with Crippen molar-refractivity contribution >= 4 is 5.82 Å². The smallest absolute Gasteiger partial charge is 0.150 e. The largest absolute Gasteiger partial charge is 0.354 e. The van der Waals surface area contributed by atoms with Crippen LogP contribution in [0.15, 0.2) is 12.3 Å². The molecular formula is C15H26N6. The molecule has 1 saturated heterocycles. The molecule has 0 radical (unpaired) electrons. The zero-order valence-corrected chi connectivity index (χ0v) is 12.8. The van der Waals surface area contributed by atoms with Gasteiger partial charge in [0.1, 0.15) is 11.6 Å². The summed E-state index contributed by atoms with van der Waals surface area (Å²) in [5, 5.41) is 0. The minimum atomic E-state index is -0.404. The van der Waals surface area contributed by atoms with E-state index in [0.717, 1.165) is 63.5 Å². The summed E-state index contributed by atoms with van der Waals surface area (Å²) in [6, 6.07) is 2.27. The lowest BCUT2D eigenvalue weighted by molar-refractivity contribution is 0.264. The molecule has 1 aromatic heterocycles. The number of aromatic nitrogens is 2. The molecule has 2 aliphatic rings. The molecule has 1 aliphatic heterocycles. The van der Waals surface area contributed by atoms with Gasteiger partial charge in [-0.25, -0.2) is 9.97 Å². The minimum absolute atomic E-state index is 0.280. The first-order valence-electron chi connectivity index (χ1n) is 7.88. The summed E-state index contributed by atoms with van der Waals surface area (Å²) < 4.78 is 0. The van der Waals surface area contributed by atoms with Crippen LogP contribution in [0.3, 0.4) is 0 Å². The minimum Gasteiger partial charge on any atom is -0.354 e. The second-order valence-corrected chi connectivity index (χ2v) is 6.52. The molecule has 0 spiro atoms. The van der Waals surface area contributed by atoms with Crippen LogP contribution in [0, 0.1) is 0 Å². The molecule has 1 aromatic rings. The Bertz CT molecular complexity index is 475. The van der Waals surface area contributed by atoms with Gasteiger partial charge in [-0.2, -0.15) is 0 Å². The van der Waals surface area contributed by atoms with Gasteiger partial charge in [-0.15, -0.1) is 0 Å². The van der Waals surface area contributed by atoms with Crippen molar-refractivity contribution in [2.45, 2.75) is 37.3 Å². The number of rotatable bonds is 2. The van der Waals surface area contributed by atoms with Gasteiger partial charge in [-0.1, -0.05) is 0 Å². The van der Waals surface area contributed by atoms with Crippen molar-refractivity contribution < 1.29 is 0 Å². The third-order valence-electron chi connectivity index (χ3n) is 4.84. The zero-order valence-electron chi connectivity index (χ0n) is 12.8. The number of nitrogens with zero attached hydrogens (tertiary/aromatic N) is 4. The summed E-state index contributed by atoms with van der Waals surface area (Å²) >= 11 is 0. The van der Waals surface area contributed by atoms with Gasteiger partial charge < -0.3 is 21.3 Å². The summed E-state index contributed by atoms with van der Waals surface area (Å²) in [4.78, 5) is 13.9. The van der Waals surface area contributed by atoms with E-state index in [1.807, 2.05) is 12.3 Å². The number of hydrogen-bond acceptors (Lipinski definition) is 6. The molecule has 6 nitrogen and oxygen atoms in total. The lowest BCUT2D eigenvalue weighted by Gasteiger charge is -2.36. The fourth-order valence-corrected chi connectivity index (χ4v) is 3.18. The molecule has 0 atom stereocenters. The van der Waals surface area contributed by atoms with Gasteiger partial charge in [0, 0.05) is 38.4 Å². The topological polar surface area (TPSA) is 84.3 Å². The zero-order chi connectivity index (χ0) is 14.9. The Labute approximate surface area is 126 Å². The van der Waals surface area contributed by atoms with E-state index in [1.54, 1.807) is 0 Å². The van der Waals surface area contributed by atoms with Gasteiger partial charge in [0.25, 0.3) is 0 Å². The Morgan fingerprint density at radius 1 is 1.19 bits per heavy atom. The summed E-state index contributed by atoms with van der Waals surface area (Å²) in [5.74, 6) is 1.79. The van der Waals surface area contributed by atoms with E-state index in [1.165, 1.54) is 0 Å². The molecule has 21 heavy (non-hydrogen) atoms. The SMILES string of the molecule is CN1CCN(c2ccnc(C3(N)CCC(N)CC3)n2)CC1. The first kappa shape index (κ1) is 14.7. The van der Waals surface area contributed by atoms with Crippen LogP contribution in [-0.4, -0.2) is 54.1 Å². The molecule has 0 unspecified atom stereocenters. The highest BCUT2D eigenvalue weighted by Crippen LogP contribution is 2.33. The van der Waals surface area contributed by atoms with Gasteiger partial charge in [-0.3, -0.25) is 0 Å². The average molecular weight is 290 g/mol. The standard InChI is InChI=1S/C15H26N6/c1-20-8-10-21(11-9-20)13-4-7-18-14(19-13)15(17)5-2-12(16)3-6-15/h4,7,12H,2-3,5-6,8-11,16-17H2,1H3. The van der Waals surface area contributed by atoms with Gasteiger partial charge in [0.2, 0.25) is 0 Å². The second kappa shape index (κ2) is 5.87. The van der Waals surface area contributed by atoms with Crippen LogP contribution in [0.5, 0.6) is 0 Å². The monoisotopic (exact) mass is 290 g/mol. The van der Waals surface area contributed by atoms with Gasteiger partial charge in [0.05, 0.1) is 5.54 Å². The van der Waals surface area contributed by atoms with Gasteiger partial charge in [0.15, 0.2) is 0 Å². The van der Waals surface area contributed by atoms with Crippen LogP contribution < -0.4 is 16.4 Å². The Kier molecular flexibility index (Phi) is 4.10. The highest BCUT2D eigenvalue weighted by atomic mass is 15.3. The summed E-state index contributed by atoms with van der Waals surface area (Å²) in [7, 11) is 2.16. The molecule has 0 aromatic carbocycles. The molecule has 2 fully saturated rings. The van der Waals surface area contributed by atoms with Crippen molar-refractivity contribution in [2.75, 3.05) is 38.1 Å². The Morgan fingerprint density at radius 2 is 1.86 bits per heavy atom. The van der Waals surface area contributed by atoms with E-state index >= 15 is 0 Å². The number of anilines is 1. The highest BCUT2D eigenvalue weighted by molar-refractivity contribution is 5.38. The quantitative estimate of drug-likeness (QED) is 0.814. The molecule has 3 rings (SSSR count). The van der Waals surface area contributed by atoms with E-state index in [2.05, 4.69) is 21.8 Å². The summed E-state index contributed by atoms with van der Waals surface area (Å²) in [6.45, 7) is 4.16. The van der Waals surface area contributed by atoms with Crippen LogP contribution >= 0.6 is 0 Å². The third-order valence-corrected chi connectivity index (χ3v) is 4.84. The highest BCUT2D eigenvalue weighted by Gasteiger charge is 2.35. The molecule has 1 aliphatic carbocycles. The van der Waals surface area contributed by atoms with Crippen molar-refractivity contribution in [3.05, 3.63) is 18.1 Å². The van der Waals surface area contributed by atoms with Crippen molar-refractivity contribution in [1.29, 1.82) is 0 Å². The van der Waals surface area contributed by atoms with Crippen LogP contribution in [-0.2, 0) is 5.54 Å². The third kappa shape index (κ3) is 3.17. The Balaban J connectivity index is 1.77. The lowest BCUT2D eigenvalue weighted by Crippen LogP contribution is -2.46. The van der Waals surface area contributed by atoms with Crippen LogP contribution in [0.4, 0.5) is 5.82 Å². The normalized spacial score (nSPS) is 31.4. The van der Waals surface area contributed by atoms with E-state index in [9.17, 15) is 0 Å². The van der Waals surface area contributed by atoms with Crippen LogP contribution in [0.2, 0.25) is 0 Å². The predicted molar refractivity (Wildman–Crippen MR) is 84.1 cm³/mol. The molecular weight excluding hydrogens is 264 g/mol. The molecule has 4 N–H and O–H groups in total. The second-order valence-electron chi connectivity index (χ2n) is 6.52. The molecule has 0 amide bonds. The summed E-state index contributed by atoms with van der Waals surface area (Å²) in [6.07, 6.45) is 5.51. The number of hydrogen-bond donors (Lipinski definition) is 2. The van der Waals surface area contributed by atoms with E-state index < -0.39 is 5.54 Å². The van der Waals surface area contributed by atoms with Crippen LogP contribution in [0.1, 0.15) is 31.5 Å². The Hall–Kier alpha value is -1.24. The average Bonchev–Trinajstić information content (AvgIpc) is 2.51. The van der Waals surface area contributed by atoms with Crippen molar-refractivity contribution in [2.24, 2.45) is 11.5 Å². The van der Waals surface area contributed by atoms with Gasteiger partial charge >= 0.3 is 0 Å². The lowest BCUT2D eigenvalue weighted by atomic mass is 9.80. The maximum atomic E-state index is 6.56. The molecule has 116 valence electrons. The van der Waals surface area contributed by atoms with Crippen molar-refractivity contribution in [1.82, 2.24) is 14.9 Å². The number of nitrogens with two attached hydrogens (primary N) is 2. The van der Waals surface area contributed by atoms with Crippen molar-refractivity contribution in [3.63, 3.8) is 0 Å². The Morgan fingerprint density at radius 3 is 2.52 bits per heavy atom. The fourth-order valence-electron chi connectivity index (χ4n) is 3.18. The van der Waals surface area contributed by atoms with Crippen molar-refractivity contribution in [3.8, 4) is 0 Å². The molecule has 2 heterocycles. The molecule has 6 heteroatoms. The fraction of sp³-hybridized carbons (Fsp3) is 0.733. The van der Waals surface area contributed by atoms with E-state index in [-0.39, 0.29) is 6.04 Å². The molecule has 0 bridgehead atoms. The molecule has 1 saturated carbocycles. The number of piperazine rings is 1. The first-order valence-corrected chi connectivity index (χ1v) is 7.88. The van der Waals surface area contributed by atoms with Gasteiger partial charge in [-0.05, 0) is 38.8 Å². The van der Waals surface area contributed by atoms with E-state index in [4.69, 9.17) is 16.5 Å². The number of likely N-dealkylation sites (N-methyl/N-ethyl adjacent to an activating group) is 1.